The lowest BCUT2D eigenvalue weighted by atomic mass is 9.65. The van der Waals surface area contributed by atoms with Gasteiger partial charge in [-0.15, -0.1) is 0 Å². The number of rotatable bonds is 12. The van der Waals surface area contributed by atoms with E-state index in [0.717, 1.165) is 48.2 Å². The average molecular weight is 1730 g/mol. The second-order valence-electron chi connectivity index (χ2n) is 40.6. The van der Waals surface area contributed by atoms with E-state index in [1.54, 1.807) is 20.8 Å². The molecule has 0 radical (unpaired) electrons. The molecule has 9 aliphatic rings. The first-order chi connectivity index (χ1) is 56.7. The van der Waals surface area contributed by atoms with Gasteiger partial charge in [0.1, 0.15) is 34.9 Å². The van der Waals surface area contributed by atoms with E-state index in [9.17, 15) is 46.7 Å². The van der Waals surface area contributed by atoms with Gasteiger partial charge in [0.05, 0.1) is 23.3 Å². The van der Waals surface area contributed by atoms with E-state index < -0.39 is 34.6 Å². The Kier molecular flexibility index (Phi) is 25.9. The number of carbonyl (C=O) groups excluding carboxylic acids is 7. The maximum Gasteiger partial charge on any atom is 0.237 e. The highest BCUT2D eigenvalue weighted by Crippen LogP contribution is 2.57. The van der Waals surface area contributed by atoms with Crippen molar-refractivity contribution in [2.75, 3.05) is 70.3 Å². The zero-order valence-electron chi connectivity index (χ0n) is 75.0. The Morgan fingerprint density at radius 1 is 0.512 bits per heavy atom. The fourth-order valence-electron chi connectivity index (χ4n) is 22.5. The number of nitrogens with zero attached hydrogens (tertiary/aromatic N) is 7. The van der Waals surface area contributed by atoms with Gasteiger partial charge in [-0.05, 0) is 292 Å². The molecule has 0 bridgehead atoms. The minimum Gasteiger partial charge on any atom is -0.349 e. The summed E-state index contributed by atoms with van der Waals surface area (Å²) in [7, 11) is 0. The van der Waals surface area contributed by atoms with Crippen LogP contribution in [0.15, 0.2) is 102 Å². The zero-order valence-corrected chi connectivity index (χ0v) is 76.6. The van der Waals surface area contributed by atoms with Crippen LogP contribution in [0.4, 0.5) is 27.6 Å². The van der Waals surface area contributed by atoms with Crippen LogP contribution in [0.1, 0.15) is 269 Å². The minimum absolute atomic E-state index is 0.00399. The molecule has 5 amide bonds. The number of benzene rings is 6. The number of piperidine rings is 2. The number of fused-ring (bicyclic) bond motifs is 6. The maximum atomic E-state index is 15.1. The highest BCUT2D eigenvalue weighted by atomic mass is 79.9. The molecule has 6 aromatic carbocycles. The molecule has 1 saturated carbocycles. The summed E-state index contributed by atoms with van der Waals surface area (Å²) in [4.78, 5) is 108. The van der Waals surface area contributed by atoms with Gasteiger partial charge in [-0.2, -0.15) is 0 Å². The van der Waals surface area contributed by atoms with Crippen LogP contribution in [0.25, 0.3) is 0 Å². The number of halogens is 6. The number of aryl methyl sites for hydroxylation is 4. The maximum absolute atomic E-state index is 15.1. The van der Waals surface area contributed by atoms with E-state index in [2.05, 4.69) is 170 Å². The Hall–Kier alpha value is -7.98. The van der Waals surface area contributed by atoms with Gasteiger partial charge in [0.25, 0.3) is 0 Å². The van der Waals surface area contributed by atoms with Crippen molar-refractivity contribution in [2.24, 2.45) is 23.7 Å². The smallest absolute Gasteiger partial charge is 0.237 e. The second-order valence-corrected chi connectivity index (χ2v) is 41.5. The fraction of sp³-hybridized carbons (Fsp3) is 0.570. The van der Waals surface area contributed by atoms with Crippen LogP contribution in [-0.2, 0) is 51.4 Å². The van der Waals surface area contributed by atoms with Gasteiger partial charge < -0.3 is 24.9 Å². The van der Waals surface area contributed by atoms with Crippen LogP contribution in [0, 0.1) is 80.5 Å². The number of hydrogen-bond donors (Lipinski definition) is 1. The lowest BCUT2D eigenvalue weighted by Crippen LogP contribution is -2.58. The second kappa shape index (κ2) is 34.5. The lowest BCUT2D eigenvalue weighted by Gasteiger charge is -2.49. The molecule has 6 heterocycles. The van der Waals surface area contributed by atoms with Gasteiger partial charge in [-0.25, -0.2) is 22.0 Å². The van der Waals surface area contributed by atoms with Gasteiger partial charge >= 0.3 is 0 Å². The van der Waals surface area contributed by atoms with Gasteiger partial charge in [0.15, 0.2) is 5.78 Å². The minimum atomic E-state index is -0.626. The largest absolute Gasteiger partial charge is 0.349 e. The number of Topliss-reactive ketones (excluding diaryl/α,β-unsaturated/α-hetero) is 2. The lowest BCUT2D eigenvalue weighted by molar-refractivity contribution is -0.140. The van der Waals surface area contributed by atoms with Crippen LogP contribution in [0.2, 0.25) is 0 Å². The number of amides is 5. The van der Waals surface area contributed by atoms with E-state index in [0.29, 0.717) is 137 Å². The molecule has 6 fully saturated rings. The Labute approximate surface area is 723 Å². The molecule has 652 valence electrons. The predicted molar refractivity (Wildman–Crippen MR) is 470 cm³/mol. The van der Waals surface area contributed by atoms with Gasteiger partial charge in [0, 0.05) is 182 Å². The molecule has 3 aliphatic carbocycles. The molecule has 121 heavy (non-hydrogen) atoms. The van der Waals surface area contributed by atoms with Crippen molar-refractivity contribution in [1.82, 2.24) is 34.7 Å². The summed E-state index contributed by atoms with van der Waals surface area (Å²) in [5, 5.41) is 3.16. The quantitative estimate of drug-likeness (QED) is 0.0925. The topological polar surface area (TPSA) is 154 Å². The zero-order chi connectivity index (χ0) is 88.1. The predicted octanol–water partition coefficient (Wildman–Crippen LogP) is 18.7. The standard InChI is InChI=1S/C35H45F2N3O3.C33H42BrFN2O2.C32H41F2N3O2/c1-21(2)40(23(4)42)32-17-25-16-24(22(3)41)8-11-30(25)35(32)12-14-38(15-13-35)33(43)29-20-39(34(5,6)7)19-28(29)27-10-9-26(36)18-31(27)37;1-19(2)37-29-15-21(4)20(3)14-27(29)33(31(37)39)12-10-22(11-13-33)30(38)26-18-36(32(5,6)7)17-25(26)24-9-8-23(34)16-28(24)35;1-19-13-24-27(14-20(19)2)32(16-29(24)35-21(3)38)9-11-36(12-10-32)30(39)26-18-37(31(4,5)6)17-25(26)23-8-7-22(33)15-28(23)34/h8-11,16,18,21,28-29,32H,12-15,17,19-20H2,1-7H3;8-9,14-16,19,22,25-26H,10-13,17-18H2,1-7H3;7-8,13-15,25-26,29H,9-12,16-18H2,1-6H3,(H,35,38)/t28-,29+,32+;22?,25-,26+,33?;25?,26-,29?/m001/s1. The summed E-state index contributed by atoms with van der Waals surface area (Å²) < 4.78 is 73.3. The molecule has 8 atom stereocenters. The number of likely N-dealkylation sites (tertiary alicyclic amines) is 5. The van der Waals surface area contributed by atoms with Crippen molar-refractivity contribution in [1.29, 1.82) is 0 Å². The summed E-state index contributed by atoms with van der Waals surface area (Å²) in [6.45, 7) is 46.3. The number of carbonyl (C=O) groups is 7. The Bertz CT molecular complexity index is 5000. The van der Waals surface area contributed by atoms with Gasteiger partial charge in [-0.1, -0.05) is 64.5 Å². The van der Waals surface area contributed by atoms with Crippen LogP contribution in [-0.4, -0.2) is 171 Å². The molecule has 0 aromatic heterocycles. The van der Waals surface area contributed by atoms with Crippen LogP contribution in [0.3, 0.4) is 0 Å². The molecule has 5 saturated heterocycles. The van der Waals surface area contributed by atoms with Gasteiger partial charge in [-0.3, -0.25) is 48.3 Å². The molecule has 6 aromatic rings. The van der Waals surface area contributed by atoms with Crippen molar-refractivity contribution < 1.29 is 55.5 Å². The molecular formula is C100H128BrF5N8O7. The van der Waals surface area contributed by atoms with Crippen molar-refractivity contribution in [3.8, 4) is 0 Å². The molecule has 3 spiro atoms. The van der Waals surface area contributed by atoms with Crippen LogP contribution in [0.5, 0.6) is 0 Å². The third kappa shape index (κ3) is 17.7. The molecule has 1 N–H and O–H groups in total. The summed E-state index contributed by atoms with van der Waals surface area (Å²) >= 11 is 3.37. The van der Waals surface area contributed by atoms with E-state index in [-0.39, 0.29) is 134 Å². The highest BCUT2D eigenvalue weighted by molar-refractivity contribution is 9.10. The Morgan fingerprint density at radius 2 is 0.967 bits per heavy atom. The third-order valence-corrected chi connectivity index (χ3v) is 30.1. The molecule has 2 unspecified atom stereocenters. The van der Waals surface area contributed by atoms with E-state index in [1.807, 2.05) is 57.7 Å². The normalized spacial score (nSPS) is 25.2. The highest BCUT2D eigenvalue weighted by Gasteiger charge is 2.58. The molecular weight excluding hydrogens is 1600 g/mol. The summed E-state index contributed by atoms with van der Waals surface area (Å²) in [6.07, 6.45) is 7.34. The summed E-state index contributed by atoms with van der Waals surface area (Å²) in [5.41, 5.74) is 12.5. The van der Waals surface area contributed by atoms with Crippen molar-refractivity contribution in [3.05, 3.63) is 203 Å². The third-order valence-electron chi connectivity index (χ3n) is 29.6. The fourth-order valence-corrected chi connectivity index (χ4v) is 22.8. The van der Waals surface area contributed by atoms with Crippen molar-refractivity contribution in [2.45, 2.75) is 277 Å². The first-order valence-corrected chi connectivity index (χ1v) is 45.0. The number of nitrogens with one attached hydrogen (secondary N) is 1. The van der Waals surface area contributed by atoms with E-state index in [1.165, 1.54) is 69.3 Å². The number of ketones is 2. The van der Waals surface area contributed by atoms with Crippen molar-refractivity contribution >= 4 is 62.7 Å². The van der Waals surface area contributed by atoms with E-state index in [4.69, 9.17) is 0 Å². The SMILES string of the molecule is CC(=O)NC1CC2(CCN(C(=O)[C@@H]3CN(C(C)(C)C)CC3c3ccc(F)cc3F)CC2)c2cc(C)c(C)cc21.CC(=O)c1ccc2c(c1)C[C@@H](N(C(C)=O)C(C)C)C21CCN(C(=O)[C@@H]2CN(C(C)(C)C)C[C@H]2c2ccc(F)cc2F)CC1.Cc1cc2c(cc1C)C1(CCC(C(=O)[C@@H]3CN(C(C)(C)C)C[C@H]3c3ccc(Br)cc3F)CC1)C(=O)N2C(C)C. The Balaban J connectivity index is 0.000000157. The molecule has 15 rings (SSSR count). The van der Waals surface area contributed by atoms with E-state index >= 15 is 8.78 Å². The first-order valence-electron chi connectivity index (χ1n) is 44.2. The monoisotopic (exact) mass is 1730 g/mol. The average Bonchev–Trinajstić information content (AvgIpc) is 1.56. The molecule has 15 nitrogen and oxygen atoms in total. The van der Waals surface area contributed by atoms with Crippen molar-refractivity contribution in [3.63, 3.8) is 0 Å². The number of anilines is 1. The summed E-state index contributed by atoms with van der Waals surface area (Å²) in [6, 6.07) is 27.5. The van der Waals surface area contributed by atoms with Crippen LogP contribution < -0.4 is 10.2 Å². The molecule has 21 heteroatoms. The first kappa shape index (κ1) is 90.7. The van der Waals surface area contributed by atoms with Crippen LogP contribution >= 0.6 is 15.9 Å². The number of hydrogen-bond acceptors (Lipinski definition) is 10. The van der Waals surface area contributed by atoms with Gasteiger partial charge in [0.2, 0.25) is 29.5 Å². The Morgan fingerprint density at radius 3 is 1.42 bits per heavy atom. The summed E-state index contributed by atoms with van der Waals surface area (Å²) in [5.74, 6) is -4.20. The molecule has 6 aliphatic heterocycles.